The van der Waals surface area contributed by atoms with Crippen LogP contribution < -0.4 is 0 Å². The average Bonchev–Trinajstić information content (AvgIpc) is 2.45. The zero-order chi connectivity index (χ0) is 15.7. The number of hydrogen-bond donors (Lipinski definition) is 1. The average molecular weight is 302 g/mol. The number of hydrogen-bond acceptors (Lipinski definition) is 2. The molecule has 3 aliphatic rings. The van der Waals surface area contributed by atoms with E-state index in [0.717, 1.165) is 36.4 Å². The van der Waals surface area contributed by atoms with Crippen molar-refractivity contribution in [3.05, 3.63) is 36.1 Å². The van der Waals surface area contributed by atoms with E-state index in [1.807, 2.05) is 0 Å². The Bertz CT molecular complexity index is 476. The molecule has 0 spiro atoms. The Kier molecular flexibility index (Phi) is 4.77. The summed E-state index contributed by atoms with van der Waals surface area (Å²) in [6, 6.07) is 0. The highest BCUT2D eigenvalue weighted by Crippen LogP contribution is 2.43. The fraction of sp³-hybridized carbons (Fsp3) is 0.700. The van der Waals surface area contributed by atoms with E-state index in [9.17, 15) is 5.11 Å². The second-order valence-electron chi connectivity index (χ2n) is 7.66. The van der Waals surface area contributed by atoms with Crippen molar-refractivity contribution in [1.82, 2.24) is 0 Å². The second-order valence-corrected chi connectivity index (χ2v) is 7.66. The summed E-state index contributed by atoms with van der Waals surface area (Å²) < 4.78 is 5.85. The van der Waals surface area contributed by atoms with Gasteiger partial charge in [0.2, 0.25) is 0 Å². The van der Waals surface area contributed by atoms with Crippen molar-refractivity contribution in [2.45, 2.75) is 64.6 Å². The minimum Gasteiger partial charge on any atom is -0.495 e. The molecule has 0 saturated carbocycles. The van der Waals surface area contributed by atoms with E-state index in [4.69, 9.17) is 4.74 Å². The third-order valence-corrected chi connectivity index (χ3v) is 5.78. The molecule has 1 fully saturated rings. The van der Waals surface area contributed by atoms with Crippen LogP contribution in [0.15, 0.2) is 36.1 Å². The zero-order valence-corrected chi connectivity index (χ0v) is 14.0. The molecule has 6 atom stereocenters. The number of aliphatic hydroxyl groups is 1. The van der Waals surface area contributed by atoms with Crippen LogP contribution in [0.25, 0.3) is 0 Å². The molecule has 0 aromatic carbocycles. The highest BCUT2D eigenvalue weighted by Gasteiger charge is 2.34. The van der Waals surface area contributed by atoms with Gasteiger partial charge in [-0.3, -0.25) is 0 Å². The van der Waals surface area contributed by atoms with Crippen LogP contribution in [0.4, 0.5) is 0 Å². The minimum absolute atomic E-state index is 0.157. The molecule has 1 aliphatic heterocycles. The van der Waals surface area contributed by atoms with Gasteiger partial charge in [0.15, 0.2) is 0 Å². The fourth-order valence-electron chi connectivity index (χ4n) is 4.56. The van der Waals surface area contributed by atoms with E-state index in [-0.39, 0.29) is 12.2 Å². The van der Waals surface area contributed by atoms with Gasteiger partial charge in [-0.25, -0.2) is 0 Å². The van der Waals surface area contributed by atoms with Gasteiger partial charge in [0.1, 0.15) is 6.10 Å². The third-order valence-electron chi connectivity index (χ3n) is 5.78. The first-order valence-corrected chi connectivity index (χ1v) is 8.95. The molecule has 2 nitrogen and oxygen atoms in total. The van der Waals surface area contributed by atoms with Crippen molar-refractivity contribution in [1.29, 1.82) is 0 Å². The Morgan fingerprint density at radius 1 is 1.27 bits per heavy atom. The van der Waals surface area contributed by atoms with E-state index >= 15 is 0 Å². The summed E-state index contributed by atoms with van der Waals surface area (Å²) >= 11 is 0. The Morgan fingerprint density at radius 2 is 2.09 bits per heavy atom. The lowest BCUT2D eigenvalue weighted by atomic mass is 9.66. The Labute approximate surface area is 134 Å². The van der Waals surface area contributed by atoms with Crippen molar-refractivity contribution < 1.29 is 9.84 Å². The molecule has 0 unspecified atom stereocenters. The zero-order valence-electron chi connectivity index (χ0n) is 14.0. The summed E-state index contributed by atoms with van der Waals surface area (Å²) in [6.07, 6.45) is 13.4. The first-order valence-electron chi connectivity index (χ1n) is 8.95. The first kappa shape index (κ1) is 15.9. The molecule has 22 heavy (non-hydrogen) atoms. The predicted octanol–water partition coefficient (Wildman–Crippen LogP) is 4.61. The van der Waals surface area contributed by atoms with E-state index in [0.29, 0.717) is 12.3 Å². The van der Waals surface area contributed by atoms with Crippen LogP contribution >= 0.6 is 0 Å². The molecule has 0 radical (unpaired) electrons. The van der Waals surface area contributed by atoms with Crippen molar-refractivity contribution >= 4 is 0 Å². The normalized spacial score (nSPS) is 41.6. The van der Waals surface area contributed by atoms with Gasteiger partial charge in [-0.15, -0.1) is 0 Å². The summed E-state index contributed by atoms with van der Waals surface area (Å²) in [7, 11) is 0. The lowest BCUT2D eigenvalue weighted by Crippen LogP contribution is -2.31. The lowest BCUT2D eigenvalue weighted by Gasteiger charge is -2.39. The largest absolute Gasteiger partial charge is 0.495 e. The fourth-order valence-corrected chi connectivity index (χ4v) is 4.56. The van der Waals surface area contributed by atoms with E-state index in [1.54, 1.807) is 5.57 Å². The van der Waals surface area contributed by atoms with Crippen molar-refractivity contribution in [2.24, 2.45) is 23.7 Å². The SMILES string of the molecule is C=C1C[C@H](O)C[C@@H](CC[C@H]2[C@@H](C)C=CC3=C[C@H](C)CC[C@@H]32)O1. The van der Waals surface area contributed by atoms with E-state index in [1.165, 1.54) is 19.3 Å². The molecular formula is C20H30O2. The molecule has 0 amide bonds. The molecule has 2 heteroatoms. The van der Waals surface area contributed by atoms with Crippen molar-refractivity contribution in [3.8, 4) is 0 Å². The van der Waals surface area contributed by atoms with Crippen LogP contribution in [-0.4, -0.2) is 17.3 Å². The number of aliphatic hydroxyl groups excluding tert-OH is 1. The molecule has 0 bridgehead atoms. The summed E-state index contributed by atoms with van der Waals surface area (Å²) in [4.78, 5) is 0. The van der Waals surface area contributed by atoms with E-state index in [2.05, 4.69) is 38.7 Å². The maximum absolute atomic E-state index is 9.89. The van der Waals surface area contributed by atoms with Gasteiger partial charge in [0, 0.05) is 12.8 Å². The van der Waals surface area contributed by atoms with Gasteiger partial charge in [0.25, 0.3) is 0 Å². The molecule has 1 saturated heterocycles. The van der Waals surface area contributed by atoms with Crippen LogP contribution in [0, 0.1) is 23.7 Å². The quantitative estimate of drug-likeness (QED) is 0.824. The minimum atomic E-state index is -0.263. The molecule has 0 aromatic rings. The lowest BCUT2D eigenvalue weighted by molar-refractivity contribution is -0.00624. The van der Waals surface area contributed by atoms with Gasteiger partial charge in [-0.05, 0) is 54.9 Å². The van der Waals surface area contributed by atoms with Crippen molar-refractivity contribution in [2.75, 3.05) is 0 Å². The topological polar surface area (TPSA) is 29.5 Å². The molecule has 0 aromatic heterocycles. The number of rotatable bonds is 3. The van der Waals surface area contributed by atoms with Gasteiger partial charge in [0.05, 0.1) is 11.9 Å². The highest BCUT2D eigenvalue weighted by molar-refractivity contribution is 5.29. The molecule has 122 valence electrons. The maximum atomic E-state index is 9.89. The summed E-state index contributed by atoms with van der Waals surface area (Å²) in [5, 5.41) is 9.89. The Morgan fingerprint density at radius 3 is 2.86 bits per heavy atom. The molecule has 1 N–H and O–H groups in total. The molecule has 2 aliphatic carbocycles. The molecular weight excluding hydrogens is 272 g/mol. The molecule has 1 heterocycles. The second kappa shape index (κ2) is 6.62. The van der Waals surface area contributed by atoms with Crippen LogP contribution in [0.1, 0.15) is 52.4 Å². The van der Waals surface area contributed by atoms with Crippen molar-refractivity contribution in [3.63, 3.8) is 0 Å². The van der Waals surface area contributed by atoms with Gasteiger partial charge >= 0.3 is 0 Å². The van der Waals surface area contributed by atoms with Gasteiger partial charge in [-0.1, -0.05) is 38.7 Å². The standard InChI is InChI=1S/C20H30O2/c1-13-4-8-20-16(10-13)6-5-14(2)19(20)9-7-18-12-17(21)11-15(3)22-18/h5-6,10,13-14,17-21H,3-4,7-9,11-12H2,1-2H3/t13-,14+,17+,18-,19+,20+/m1/s1. The Hall–Kier alpha value is -1.02. The Balaban J connectivity index is 1.63. The molecule has 3 rings (SSSR count). The number of fused-ring (bicyclic) bond motifs is 1. The summed E-state index contributed by atoms with van der Waals surface area (Å²) in [5.41, 5.74) is 1.57. The van der Waals surface area contributed by atoms with E-state index < -0.39 is 0 Å². The van der Waals surface area contributed by atoms with Crippen LogP contribution in [-0.2, 0) is 4.74 Å². The highest BCUT2D eigenvalue weighted by atomic mass is 16.5. The third kappa shape index (κ3) is 3.48. The monoisotopic (exact) mass is 302 g/mol. The maximum Gasteiger partial charge on any atom is 0.101 e. The first-order chi connectivity index (χ1) is 10.5. The smallest absolute Gasteiger partial charge is 0.101 e. The predicted molar refractivity (Wildman–Crippen MR) is 90.3 cm³/mol. The summed E-state index contributed by atoms with van der Waals surface area (Å²) in [6.45, 7) is 8.57. The van der Waals surface area contributed by atoms with Crippen LogP contribution in [0.2, 0.25) is 0 Å². The van der Waals surface area contributed by atoms with Gasteiger partial charge < -0.3 is 9.84 Å². The van der Waals surface area contributed by atoms with Crippen LogP contribution in [0.5, 0.6) is 0 Å². The summed E-state index contributed by atoms with van der Waals surface area (Å²) in [5.74, 6) is 3.58. The van der Waals surface area contributed by atoms with Gasteiger partial charge in [-0.2, -0.15) is 0 Å². The number of allylic oxidation sites excluding steroid dienone is 4. The number of ether oxygens (including phenoxy) is 1. The van der Waals surface area contributed by atoms with Crippen LogP contribution in [0.3, 0.4) is 0 Å².